The van der Waals surface area contributed by atoms with Crippen LogP contribution in [0.2, 0.25) is 0 Å². The van der Waals surface area contributed by atoms with Gasteiger partial charge in [0.2, 0.25) is 5.91 Å². The van der Waals surface area contributed by atoms with E-state index < -0.39 is 5.97 Å². The number of carbonyl (C=O) groups is 2. The summed E-state index contributed by atoms with van der Waals surface area (Å²) in [6.45, 7) is 0.938. The van der Waals surface area contributed by atoms with Crippen LogP contribution < -0.4 is 10.6 Å². The van der Waals surface area contributed by atoms with Crippen LogP contribution in [0.25, 0.3) is 0 Å². The molecule has 1 heterocycles. The second-order valence-corrected chi connectivity index (χ2v) is 4.28. The molecule has 96 valence electrons. The highest BCUT2D eigenvalue weighted by Gasteiger charge is 2.08. The minimum Gasteiger partial charge on any atom is -0.476 e. The lowest BCUT2D eigenvalue weighted by Crippen LogP contribution is -2.35. The Morgan fingerprint density at radius 1 is 1.56 bits per heavy atom. The van der Waals surface area contributed by atoms with E-state index in [1.54, 1.807) is 0 Å². The van der Waals surface area contributed by atoms with Crippen molar-refractivity contribution in [2.45, 2.75) is 6.42 Å². The molecular formula is C11H13N3O3S. The van der Waals surface area contributed by atoms with Crippen LogP contribution in [-0.4, -0.2) is 41.6 Å². The van der Waals surface area contributed by atoms with Gasteiger partial charge in [-0.05, 0) is 0 Å². The SMILES string of the molecule is C#CCNCC(=O)NCCc1nc(C(=O)O)cs1. The average Bonchev–Trinajstić information content (AvgIpc) is 2.78. The maximum atomic E-state index is 11.3. The van der Waals surface area contributed by atoms with Crippen molar-refractivity contribution in [3.05, 3.63) is 16.1 Å². The average molecular weight is 267 g/mol. The summed E-state index contributed by atoms with van der Waals surface area (Å²) in [4.78, 5) is 25.8. The lowest BCUT2D eigenvalue weighted by molar-refractivity contribution is -0.120. The van der Waals surface area contributed by atoms with E-state index in [0.717, 1.165) is 0 Å². The summed E-state index contributed by atoms with van der Waals surface area (Å²) in [6.07, 6.45) is 5.53. The third kappa shape index (κ3) is 4.95. The molecule has 1 aromatic heterocycles. The number of hydrogen-bond donors (Lipinski definition) is 3. The summed E-state index contributed by atoms with van der Waals surface area (Å²) < 4.78 is 0. The highest BCUT2D eigenvalue weighted by Crippen LogP contribution is 2.09. The molecule has 0 aliphatic carbocycles. The maximum absolute atomic E-state index is 11.3. The molecule has 1 amide bonds. The highest BCUT2D eigenvalue weighted by atomic mass is 32.1. The van der Waals surface area contributed by atoms with Crippen molar-refractivity contribution >= 4 is 23.2 Å². The van der Waals surface area contributed by atoms with Crippen LogP contribution in [0.5, 0.6) is 0 Å². The van der Waals surface area contributed by atoms with Gasteiger partial charge >= 0.3 is 5.97 Å². The Morgan fingerprint density at radius 2 is 2.33 bits per heavy atom. The first kappa shape index (κ1) is 14.2. The normalized spacial score (nSPS) is 9.72. The Bertz CT molecular complexity index is 464. The first-order valence-corrected chi connectivity index (χ1v) is 6.10. The molecule has 0 aliphatic heterocycles. The van der Waals surface area contributed by atoms with Crippen molar-refractivity contribution < 1.29 is 14.7 Å². The molecule has 7 heteroatoms. The molecule has 0 saturated heterocycles. The van der Waals surface area contributed by atoms with Crippen molar-refractivity contribution in [2.75, 3.05) is 19.6 Å². The summed E-state index contributed by atoms with van der Waals surface area (Å²) >= 11 is 1.27. The molecule has 1 rings (SSSR count). The zero-order valence-electron chi connectivity index (χ0n) is 9.60. The van der Waals surface area contributed by atoms with Gasteiger partial charge in [0.25, 0.3) is 0 Å². The van der Waals surface area contributed by atoms with E-state index in [9.17, 15) is 9.59 Å². The number of nitrogens with zero attached hydrogens (tertiary/aromatic N) is 1. The topological polar surface area (TPSA) is 91.3 Å². The molecule has 18 heavy (non-hydrogen) atoms. The van der Waals surface area contributed by atoms with Crippen LogP contribution in [0, 0.1) is 12.3 Å². The summed E-state index contributed by atoms with van der Waals surface area (Å²) in [6, 6.07) is 0. The molecule has 6 nitrogen and oxygen atoms in total. The Labute approximate surface area is 108 Å². The van der Waals surface area contributed by atoms with Crippen LogP contribution >= 0.6 is 11.3 Å². The fourth-order valence-corrected chi connectivity index (χ4v) is 1.92. The second-order valence-electron chi connectivity index (χ2n) is 3.34. The van der Waals surface area contributed by atoms with Gasteiger partial charge in [-0.3, -0.25) is 10.1 Å². The first-order chi connectivity index (χ1) is 8.63. The number of hydrogen-bond acceptors (Lipinski definition) is 5. The van der Waals surface area contributed by atoms with E-state index in [-0.39, 0.29) is 18.1 Å². The molecule has 3 N–H and O–H groups in total. The Balaban J connectivity index is 2.22. The molecule has 0 aliphatic rings. The molecule has 0 atom stereocenters. The van der Waals surface area contributed by atoms with Gasteiger partial charge in [-0.2, -0.15) is 0 Å². The van der Waals surface area contributed by atoms with Gasteiger partial charge < -0.3 is 10.4 Å². The summed E-state index contributed by atoms with van der Waals surface area (Å²) in [5.41, 5.74) is 0.0389. The standard InChI is InChI=1S/C11H13N3O3S/c1-2-4-12-6-9(15)13-5-3-10-14-8(7-18-10)11(16)17/h1,7,12H,3-6H2,(H,13,15)(H,16,17). The van der Waals surface area contributed by atoms with Crippen molar-refractivity contribution in [1.82, 2.24) is 15.6 Å². The van der Waals surface area contributed by atoms with E-state index in [1.165, 1.54) is 16.7 Å². The van der Waals surface area contributed by atoms with Crippen LogP contribution in [0.15, 0.2) is 5.38 Å². The first-order valence-electron chi connectivity index (χ1n) is 5.22. The number of carboxylic acid groups (broad SMARTS) is 1. The monoisotopic (exact) mass is 267 g/mol. The molecule has 0 bridgehead atoms. The quantitative estimate of drug-likeness (QED) is 0.467. The predicted molar refractivity (Wildman–Crippen MR) is 67.5 cm³/mol. The number of nitrogens with one attached hydrogen (secondary N) is 2. The lowest BCUT2D eigenvalue weighted by Gasteiger charge is -2.03. The fraction of sp³-hybridized carbons (Fsp3) is 0.364. The molecule has 0 unspecified atom stereocenters. The van der Waals surface area contributed by atoms with E-state index in [4.69, 9.17) is 11.5 Å². The zero-order chi connectivity index (χ0) is 13.4. The largest absolute Gasteiger partial charge is 0.476 e. The van der Waals surface area contributed by atoms with Gasteiger partial charge in [0, 0.05) is 18.3 Å². The van der Waals surface area contributed by atoms with Gasteiger partial charge in [-0.1, -0.05) is 5.92 Å². The summed E-state index contributed by atoms with van der Waals surface area (Å²) in [7, 11) is 0. The number of thiazole rings is 1. The van der Waals surface area contributed by atoms with E-state index in [1.807, 2.05) is 0 Å². The van der Waals surface area contributed by atoms with Crippen molar-refractivity contribution in [1.29, 1.82) is 0 Å². The van der Waals surface area contributed by atoms with Crippen molar-refractivity contribution in [2.24, 2.45) is 0 Å². The number of amides is 1. The van der Waals surface area contributed by atoms with Gasteiger partial charge in [0.15, 0.2) is 5.69 Å². The molecule has 0 radical (unpaired) electrons. The number of terminal acetylenes is 1. The van der Waals surface area contributed by atoms with E-state index >= 15 is 0 Å². The highest BCUT2D eigenvalue weighted by molar-refractivity contribution is 7.09. The minimum absolute atomic E-state index is 0.0389. The second kappa shape index (κ2) is 7.42. The van der Waals surface area contributed by atoms with Crippen molar-refractivity contribution in [3.8, 4) is 12.3 Å². The summed E-state index contributed by atoms with van der Waals surface area (Å²) in [5.74, 6) is 1.17. The number of rotatable bonds is 7. The van der Waals surface area contributed by atoms with Crippen LogP contribution in [-0.2, 0) is 11.2 Å². The Kier molecular flexibility index (Phi) is 5.84. The van der Waals surface area contributed by atoms with Crippen LogP contribution in [0.4, 0.5) is 0 Å². The number of carbonyl (C=O) groups excluding carboxylic acids is 1. The van der Waals surface area contributed by atoms with E-state index in [2.05, 4.69) is 21.5 Å². The molecule has 0 fully saturated rings. The maximum Gasteiger partial charge on any atom is 0.355 e. The Morgan fingerprint density at radius 3 is 2.94 bits per heavy atom. The molecular weight excluding hydrogens is 254 g/mol. The molecule has 0 aromatic carbocycles. The lowest BCUT2D eigenvalue weighted by atomic mass is 10.4. The number of aromatic carboxylic acids is 1. The van der Waals surface area contributed by atoms with E-state index in [0.29, 0.717) is 24.5 Å². The molecule has 1 aromatic rings. The molecule has 0 saturated carbocycles. The van der Waals surface area contributed by atoms with Crippen molar-refractivity contribution in [3.63, 3.8) is 0 Å². The van der Waals surface area contributed by atoms with Gasteiger partial charge in [-0.25, -0.2) is 9.78 Å². The fourth-order valence-electron chi connectivity index (χ4n) is 1.14. The molecule has 0 spiro atoms. The van der Waals surface area contributed by atoms with Crippen LogP contribution in [0.1, 0.15) is 15.5 Å². The third-order valence-corrected chi connectivity index (χ3v) is 2.85. The minimum atomic E-state index is -1.04. The van der Waals surface area contributed by atoms with Gasteiger partial charge in [0.1, 0.15) is 0 Å². The summed E-state index contributed by atoms with van der Waals surface area (Å²) in [5, 5.41) is 16.3. The zero-order valence-corrected chi connectivity index (χ0v) is 10.4. The third-order valence-electron chi connectivity index (χ3n) is 1.94. The van der Waals surface area contributed by atoms with Gasteiger partial charge in [-0.15, -0.1) is 17.8 Å². The van der Waals surface area contributed by atoms with Crippen LogP contribution in [0.3, 0.4) is 0 Å². The number of carboxylic acids is 1. The predicted octanol–water partition coefficient (Wildman–Crippen LogP) is -0.277. The number of aromatic nitrogens is 1. The van der Waals surface area contributed by atoms with Gasteiger partial charge in [0.05, 0.1) is 18.1 Å². The smallest absolute Gasteiger partial charge is 0.355 e. The Hall–Kier alpha value is -1.91.